The molecule has 120 valence electrons. The molecule has 0 saturated carbocycles. The minimum atomic E-state index is -0.0371. The van der Waals surface area contributed by atoms with Crippen molar-refractivity contribution in [2.75, 3.05) is 6.61 Å². The van der Waals surface area contributed by atoms with Gasteiger partial charge in [0.05, 0.1) is 13.2 Å². The first-order chi connectivity index (χ1) is 11.7. The van der Waals surface area contributed by atoms with E-state index in [1.165, 1.54) is 0 Å². The predicted octanol–water partition coefficient (Wildman–Crippen LogP) is 2.39. The summed E-state index contributed by atoms with van der Waals surface area (Å²) >= 11 is 4.77. The molecule has 0 amide bonds. The zero-order chi connectivity index (χ0) is 16.7. The van der Waals surface area contributed by atoms with Crippen molar-refractivity contribution < 1.29 is 5.11 Å². The number of rotatable bonds is 3. The Bertz CT molecular complexity index is 1110. The van der Waals surface area contributed by atoms with Crippen LogP contribution in [0.5, 0.6) is 0 Å². The van der Waals surface area contributed by atoms with E-state index in [-0.39, 0.29) is 11.7 Å². The SMILES string of the molecule is NC(=S)N=Nc1c2ccccc2c2nc3c(c[nH]n3CCO)nc12. The maximum atomic E-state index is 9.17. The van der Waals surface area contributed by atoms with Gasteiger partial charge in [-0.1, -0.05) is 24.3 Å². The minimum Gasteiger partial charge on any atom is -0.394 e. The highest BCUT2D eigenvalue weighted by Crippen LogP contribution is 2.38. The molecular weight excluding hydrogens is 326 g/mol. The number of hydrogen-bond donors (Lipinski definition) is 3. The molecule has 9 heteroatoms. The van der Waals surface area contributed by atoms with Crippen LogP contribution >= 0.6 is 12.2 Å². The van der Waals surface area contributed by atoms with Crippen molar-refractivity contribution in [3.8, 4) is 0 Å². The Kier molecular flexibility index (Phi) is 3.44. The number of aliphatic hydroxyl groups is 1. The van der Waals surface area contributed by atoms with Gasteiger partial charge in [-0.2, -0.15) is 0 Å². The van der Waals surface area contributed by atoms with E-state index < -0.39 is 0 Å². The zero-order valence-electron chi connectivity index (χ0n) is 12.5. The van der Waals surface area contributed by atoms with Crippen molar-refractivity contribution in [1.29, 1.82) is 0 Å². The monoisotopic (exact) mass is 339 g/mol. The van der Waals surface area contributed by atoms with Crippen molar-refractivity contribution in [2.45, 2.75) is 6.54 Å². The summed E-state index contributed by atoms with van der Waals surface area (Å²) in [5, 5.41) is 22.0. The van der Waals surface area contributed by atoms with E-state index in [1.807, 2.05) is 24.3 Å². The third-order valence-corrected chi connectivity index (χ3v) is 3.83. The minimum absolute atomic E-state index is 0.00909. The molecule has 0 unspecified atom stereocenters. The van der Waals surface area contributed by atoms with E-state index in [0.717, 1.165) is 16.3 Å². The van der Waals surface area contributed by atoms with Gasteiger partial charge in [-0.05, 0) is 12.2 Å². The van der Waals surface area contributed by atoms with Crippen LogP contribution in [0.15, 0.2) is 40.7 Å². The molecule has 0 atom stereocenters. The lowest BCUT2D eigenvalue weighted by atomic mass is 10.2. The van der Waals surface area contributed by atoms with Gasteiger partial charge in [0.25, 0.3) is 0 Å². The number of nitrogens with zero attached hydrogens (tertiary/aromatic N) is 5. The highest BCUT2D eigenvalue weighted by atomic mass is 32.1. The van der Waals surface area contributed by atoms with Crippen LogP contribution in [-0.4, -0.2) is 36.6 Å². The Labute approximate surface area is 141 Å². The number of thiocarbonyl (C=S) groups is 1. The second-order valence-electron chi connectivity index (χ2n) is 5.21. The Hall–Kier alpha value is -2.91. The quantitative estimate of drug-likeness (QED) is 0.391. The molecule has 4 rings (SSSR count). The normalized spacial score (nSPS) is 12.0. The van der Waals surface area contributed by atoms with Crippen molar-refractivity contribution in [3.05, 3.63) is 30.5 Å². The standard InChI is InChI=1S/C15H13N7OS/c16-15(24)21-20-12-9-4-2-1-3-8(9)11-13(12)18-10-7-17-22(5-6-23)14(10)19-11/h1-4,7,17,23H,5-6H2,(H2,16,24). The summed E-state index contributed by atoms with van der Waals surface area (Å²) in [7, 11) is 0. The Morgan fingerprint density at radius 1 is 1.25 bits per heavy atom. The number of aliphatic hydroxyl groups excluding tert-OH is 1. The van der Waals surface area contributed by atoms with Gasteiger partial charge in [0.15, 0.2) is 5.65 Å². The second kappa shape index (κ2) is 5.62. The van der Waals surface area contributed by atoms with Gasteiger partial charge in [0, 0.05) is 17.0 Å². The zero-order valence-corrected chi connectivity index (χ0v) is 13.3. The number of aromatic nitrogens is 4. The Balaban J connectivity index is 2.09. The first-order valence-electron chi connectivity index (χ1n) is 7.27. The van der Waals surface area contributed by atoms with Gasteiger partial charge in [0.1, 0.15) is 22.2 Å². The van der Waals surface area contributed by atoms with Crippen LogP contribution in [0.2, 0.25) is 0 Å². The summed E-state index contributed by atoms with van der Waals surface area (Å²) in [6.07, 6.45) is 1.74. The Morgan fingerprint density at radius 3 is 2.79 bits per heavy atom. The van der Waals surface area contributed by atoms with E-state index in [0.29, 0.717) is 28.9 Å². The molecule has 4 aromatic rings. The van der Waals surface area contributed by atoms with Gasteiger partial charge in [-0.25, -0.2) is 9.97 Å². The Morgan fingerprint density at radius 2 is 2.04 bits per heavy atom. The highest BCUT2D eigenvalue weighted by molar-refractivity contribution is 7.80. The lowest BCUT2D eigenvalue weighted by Gasteiger charge is -2.00. The number of hydrogen-bond acceptors (Lipinski definition) is 5. The molecule has 0 bridgehead atoms. The maximum Gasteiger partial charge on any atom is 0.211 e. The first-order valence-corrected chi connectivity index (χ1v) is 7.68. The molecule has 2 aromatic heterocycles. The fourth-order valence-corrected chi connectivity index (χ4v) is 2.82. The summed E-state index contributed by atoms with van der Waals surface area (Å²) in [6.45, 7) is 0.422. The third-order valence-electron chi connectivity index (χ3n) is 3.75. The van der Waals surface area contributed by atoms with Crippen molar-refractivity contribution >= 4 is 56.0 Å². The summed E-state index contributed by atoms with van der Waals surface area (Å²) < 4.78 is 1.75. The van der Waals surface area contributed by atoms with Crippen LogP contribution in [0, 0.1) is 0 Å². The molecule has 0 aliphatic carbocycles. The smallest absolute Gasteiger partial charge is 0.211 e. The first kappa shape index (κ1) is 14.7. The van der Waals surface area contributed by atoms with Crippen LogP contribution in [0.4, 0.5) is 5.69 Å². The topological polar surface area (TPSA) is 117 Å². The summed E-state index contributed by atoms with van der Waals surface area (Å²) in [5.41, 5.74) is 8.73. The fraction of sp³-hybridized carbons (Fsp3) is 0.133. The third kappa shape index (κ3) is 2.22. The molecule has 0 aliphatic rings. The number of benzene rings is 1. The van der Waals surface area contributed by atoms with Gasteiger partial charge in [-0.3, -0.25) is 4.68 Å². The molecule has 0 saturated heterocycles. The van der Waals surface area contributed by atoms with E-state index >= 15 is 0 Å². The number of azo groups is 1. The van der Waals surface area contributed by atoms with E-state index in [1.54, 1.807) is 10.9 Å². The molecule has 2 heterocycles. The predicted molar refractivity (Wildman–Crippen MR) is 95.3 cm³/mol. The number of aromatic amines is 1. The molecule has 8 nitrogen and oxygen atoms in total. The van der Waals surface area contributed by atoms with Crippen molar-refractivity contribution in [2.24, 2.45) is 16.0 Å². The lowest BCUT2D eigenvalue weighted by Crippen LogP contribution is -2.04. The van der Waals surface area contributed by atoms with Crippen LogP contribution in [0.1, 0.15) is 0 Å². The lowest BCUT2D eigenvalue weighted by molar-refractivity contribution is 0.271. The van der Waals surface area contributed by atoms with Gasteiger partial charge < -0.3 is 15.9 Å². The van der Waals surface area contributed by atoms with E-state index in [9.17, 15) is 0 Å². The molecule has 24 heavy (non-hydrogen) atoms. The molecular formula is C15H13N7OS. The number of fused-ring (bicyclic) bond motifs is 4. The van der Waals surface area contributed by atoms with Crippen molar-refractivity contribution in [3.63, 3.8) is 0 Å². The highest BCUT2D eigenvalue weighted by Gasteiger charge is 2.17. The summed E-state index contributed by atoms with van der Waals surface area (Å²) in [6, 6.07) is 7.74. The van der Waals surface area contributed by atoms with Crippen molar-refractivity contribution in [1.82, 2.24) is 19.7 Å². The molecule has 0 fully saturated rings. The molecule has 2 aromatic carbocycles. The van der Waals surface area contributed by atoms with Gasteiger partial charge >= 0.3 is 0 Å². The molecule has 0 aliphatic heterocycles. The van der Waals surface area contributed by atoms with Crippen LogP contribution in [0.25, 0.3) is 33.0 Å². The molecule has 4 N–H and O–H groups in total. The van der Waals surface area contributed by atoms with Gasteiger partial charge in [0.2, 0.25) is 5.11 Å². The van der Waals surface area contributed by atoms with Crippen LogP contribution in [0.3, 0.4) is 0 Å². The second-order valence-corrected chi connectivity index (χ2v) is 5.63. The van der Waals surface area contributed by atoms with E-state index in [2.05, 4.69) is 20.3 Å². The maximum absolute atomic E-state index is 9.17. The number of nitrogens with two attached hydrogens (primary N) is 1. The van der Waals surface area contributed by atoms with Gasteiger partial charge in [-0.15, -0.1) is 10.2 Å². The average molecular weight is 339 g/mol. The van der Waals surface area contributed by atoms with Crippen LogP contribution < -0.4 is 5.73 Å². The summed E-state index contributed by atoms with van der Waals surface area (Å²) in [5.74, 6) is 0. The fourth-order valence-electron chi connectivity index (χ4n) is 2.78. The summed E-state index contributed by atoms with van der Waals surface area (Å²) in [4.78, 5) is 9.39. The van der Waals surface area contributed by atoms with Crippen LogP contribution in [-0.2, 0) is 6.54 Å². The van der Waals surface area contributed by atoms with E-state index in [4.69, 9.17) is 28.0 Å². The number of nitrogens with one attached hydrogen (secondary N) is 1. The molecule has 0 spiro atoms. The number of H-pyrrole nitrogens is 1. The largest absolute Gasteiger partial charge is 0.394 e. The average Bonchev–Trinajstić information content (AvgIpc) is 3.10. The molecule has 0 radical (unpaired) electrons.